The zero-order chi connectivity index (χ0) is 14.4. The van der Waals surface area contributed by atoms with Crippen molar-refractivity contribution in [2.45, 2.75) is 18.0 Å². The Kier molecular flexibility index (Phi) is 4.50. The minimum Gasteiger partial charge on any atom is -0.263 e. The maximum Gasteiger partial charge on any atom is 0.311 e. The molecule has 0 spiro atoms. The molecule has 0 bridgehead atoms. The predicted molar refractivity (Wildman–Crippen MR) is 62.0 cm³/mol. The van der Waals surface area contributed by atoms with E-state index in [0.29, 0.717) is 0 Å². The largest absolute Gasteiger partial charge is 0.311 e. The van der Waals surface area contributed by atoms with Gasteiger partial charge in [0.15, 0.2) is 0 Å². The van der Waals surface area contributed by atoms with Gasteiger partial charge in [0.1, 0.15) is 18.1 Å². The lowest BCUT2D eigenvalue weighted by atomic mass is 9.86. The van der Waals surface area contributed by atoms with Crippen LogP contribution in [0.15, 0.2) is 30.3 Å². The van der Waals surface area contributed by atoms with Crippen molar-refractivity contribution in [2.24, 2.45) is 0 Å². The molecule has 1 aromatic rings. The van der Waals surface area contributed by atoms with E-state index in [9.17, 15) is 20.2 Å². The van der Waals surface area contributed by atoms with E-state index in [-0.39, 0.29) is 5.56 Å². The molecule has 8 nitrogen and oxygen atoms in total. The molecule has 96 valence electrons. The van der Waals surface area contributed by atoms with Crippen LogP contribution in [0.2, 0.25) is 0 Å². The zero-order valence-electron chi connectivity index (χ0n) is 9.54. The molecule has 0 aliphatic carbocycles. The second kappa shape index (κ2) is 6.07. The second-order valence-electron chi connectivity index (χ2n) is 3.66. The number of nitro groups is 2. The summed E-state index contributed by atoms with van der Waals surface area (Å²) in [5, 5.41) is 39.3. The predicted octanol–water partition coefficient (Wildman–Crippen LogP) is 1.11. The highest BCUT2D eigenvalue weighted by Crippen LogP contribution is 2.26. The highest BCUT2D eigenvalue weighted by Gasteiger charge is 2.45. The van der Waals surface area contributed by atoms with Crippen LogP contribution in [-0.2, 0) is 0 Å². The molecular formula is C11H8N4O4. The van der Waals surface area contributed by atoms with Gasteiger partial charge >= 0.3 is 12.1 Å². The molecule has 0 radical (unpaired) electrons. The zero-order valence-corrected chi connectivity index (χ0v) is 9.54. The molecule has 0 amide bonds. The van der Waals surface area contributed by atoms with Gasteiger partial charge in [0.2, 0.25) is 0 Å². The molecule has 0 aliphatic heterocycles. The number of nitrogens with zero attached hydrogens (tertiary/aromatic N) is 4. The Bertz CT molecular complexity index is 528. The smallest absolute Gasteiger partial charge is 0.263 e. The van der Waals surface area contributed by atoms with E-state index in [1.165, 1.54) is 36.4 Å². The molecule has 1 aromatic carbocycles. The summed E-state index contributed by atoms with van der Waals surface area (Å²) in [5.74, 6) is -1.42. The fraction of sp³-hybridized carbons (Fsp3) is 0.273. The third-order valence-corrected chi connectivity index (χ3v) is 2.58. The standard InChI is InChI=1S/C11H8N4O4/c12-6-9(14(16)17)11(10(7-13)15(18)19)8-4-2-1-3-5-8/h1-5,9-11H. The van der Waals surface area contributed by atoms with Gasteiger partial charge in [0.05, 0.1) is 0 Å². The molecular weight excluding hydrogens is 252 g/mol. The van der Waals surface area contributed by atoms with Crippen LogP contribution in [-0.4, -0.2) is 21.9 Å². The Morgan fingerprint density at radius 2 is 1.37 bits per heavy atom. The molecule has 1 rings (SSSR count). The summed E-state index contributed by atoms with van der Waals surface area (Å²) < 4.78 is 0. The van der Waals surface area contributed by atoms with E-state index in [0.717, 1.165) is 0 Å². The minimum absolute atomic E-state index is 0.217. The van der Waals surface area contributed by atoms with Crippen LogP contribution >= 0.6 is 0 Å². The maximum atomic E-state index is 10.8. The molecule has 0 saturated carbocycles. The van der Waals surface area contributed by atoms with Crippen LogP contribution < -0.4 is 0 Å². The lowest BCUT2D eigenvalue weighted by molar-refractivity contribution is -0.548. The number of hydrogen-bond donors (Lipinski definition) is 0. The van der Waals surface area contributed by atoms with E-state index in [1.54, 1.807) is 6.07 Å². The van der Waals surface area contributed by atoms with Gasteiger partial charge in [-0.3, -0.25) is 20.2 Å². The Hall–Kier alpha value is -3.00. The van der Waals surface area contributed by atoms with Crippen molar-refractivity contribution in [3.8, 4) is 12.1 Å². The van der Waals surface area contributed by atoms with E-state index < -0.39 is 27.8 Å². The first-order valence-corrected chi connectivity index (χ1v) is 5.14. The lowest BCUT2D eigenvalue weighted by Crippen LogP contribution is -2.37. The third-order valence-electron chi connectivity index (χ3n) is 2.58. The fourth-order valence-electron chi connectivity index (χ4n) is 1.73. The molecule has 0 aliphatic rings. The molecule has 2 unspecified atom stereocenters. The quantitative estimate of drug-likeness (QED) is 0.574. The van der Waals surface area contributed by atoms with Crippen LogP contribution in [0.4, 0.5) is 0 Å². The van der Waals surface area contributed by atoms with Crippen LogP contribution in [0.3, 0.4) is 0 Å². The summed E-state index contributed by atoms with van der Waals surface area (Å²) in [4.78, 5) is 19.9. The Morgan fingerprint density at radius 3 is 1.68 bits per heavy atom. The summed E-state index contributed by atoms with van der Waals surface area (Å²) in [6.07, 6.45) is 0. The average molecular weight is 260 g/mol. The van der Waals surface area contributed by atoms with Crippen molar-refractivity contribution in [3.05, 3.63) is 56.1 Å². The lowest BCUT2D eigenvalue weighted by Gasteiger charge is -2.16. The van der Waals surface area contributed by atoms with Gasteiger partial charge in [0, 0.05) is 9.85 Å². The first-order valence-electron chi connectivity index (χ1n) is 5.14. The molecule has 19 heavy (non-hydrogen) atoms. The molecule has 8 heteroatoms. The van der Waals surface area contributed by atoms with E-state index in [1.807, 2.05) is 0 Å². The van der Waals surface area contributed by atoms with Crippen LogP contribution in [0.1, 0.15) is 11.5 Å². The average Bonchev–Trinajstić information content (AvgIpc) is 2.39. The van der Waals surface area contributed by atoms with Gasteiger partial charge in [0.25, 0.3) is 0 Å². The summed E-state index contributed by atoms with van der Waals surface area (Å²) in [7, 11) is 0. The highest BCUT2D eigenvalue weighted by molar-refractivity contribution is 5.26. The molecule has 0 aromatic heterocycles. The van der Waals surface area contributed by atoms with Crippen molar-refractivity contribution < 1.29 is 9.85 Å². The van der Waals surface area contributed by atoms with Crippen molar-refractivity contribution in [1.29, 1.82) is 10.5 Å². The molecule has 0 N–H and O–H groups in total. The molecule has 0 fully saturated rings. The van der Waals surface area contributed by atoms with Crippen molar-refractivity contribution >= 4 is 0 Å². The Balaban J connectivity index is 3.35. The Labute approximate surface area is 107 Å². The van der Waals surface area contributed by atoms with E-state index >= 15 is 0 Å². The summed E-state index contributed by atoms with van der Waals surface area (Å²) in [6, 6.07) is 6.67. The monoisotopic (exact) mass is 260 g/mol. The summed E-state index contributed by atoms with van der Waals surface area (Å²) in [5.41, 5.74) is 0.217. The molecule has 2 atom stereocenters. The second-order valence-corrected chi connectivity index (χ2v) is 3.66. The van der Waals surface area contributed by atoms with Gasteiger partial charge in [-0.05, 0) is 5.56 Å². The van der Waals surface area contributed by atoms with E-state index in [2.05, 4.69) is 0 Å². The van der Waals surface area contributed by atoms with E-state index in [4.69, 9.17) is 10.5 Å². The topological polar surface area (TPSA) is 134 Å². The van der Waals surface area contributed by atoms with Gasteiger partial charge in [-0.2, -0.15) is 10.5 Å². The minimum atomic E-state index is -1.85. The highest BCUT2D eigenvalue weighted by atomic mass is 16.6. The van der Waals surface area contributed by atoms with Gasteiger partial charge < -0.3 is 0 Å². The SMILES string of the molecule is N#CC(C(c1ccccc1)C(C#N)[N+](=O)[O-])[N+](=O)[O-]. The normalized spacial score (nSPS) is 14.4. The van der Waals surface area contributed by atoms with Crippen LogP contribution in [0, 0.1) is 42.9 Å². The third kappa shape index (κ3) is 3.01. The van der Waals surface area contributed by atoms with Crippen LogP contribution in [0.5, 0.6) is 0 Å². The van der Waals surface area contributed by atoms with Gasteiger partial charge in [-0.15, -0.1) is 0 Å². The number of benzene rings is 1. The van der Waals surface area contributed by atoms with Crippen molar-refractivity contribution in [2.75, 3.05) is 0 Å². The number of hydrogen-bond acceptors (Lipinski definition) is 6. The van der Waals surface area contributed by atoms with Gasteiger partial charge in [-0.1, -0.05) is 30.3 Å². The molecule has 0 saturated heterocycles. The van der Waals surface area contributed by atoms with Crippen molar-refractivity contribution in [1.82, 2.24) is 0 Å². The first-order chi connectivity index (χ1) is 9.02. The maximum absolute atomic E-state index is 10.8. The summed E-state index contributed by atoms with van der Waals surface area (Å²) >= 11 is 0. The molecule has 0 heterocycles. The summed E-state index contributed by atoms with van der Waals surface area (Å²) in [6.45, 7) is 0. The first kappa shape index (κ1) is 14.1. The van der Waals surface area contributed by atoms with Crippen molar-refractivity contribution in [3.63, 3.8) is 0 Å². The Morgan fingerprint density at radius 1 is 0.947 bits per heavy atom. The van der Waals surface area contributed by atoms with Gasteiger partial charge in [-0.25, -0.2) is 0 Å². The van der Waals surface area contributed by atoms with Crippen LogP contribution in [0.25, 0.3) is 0 Å². The number of nitriles is 2. The fourth-order valence-corrected chi connectivity index (χ4v) is 1.73. The number of rotatable bonds is 5.